The molecule has 3 N–H and O–H groups in total. The molecule has 0 radical (unpaired) electrons. The maximum absolute atomic E-state index is 15.1. The van der Waals surface area contributed by atoms with Crippen LogP contribution in [-0.2, 0) is 13.6 Å². The van der Waals surface area contributed by atoms with Gasteiger partial charge in [0.25, 0.3) is 5.91 Å². The monoisotopic (exact) mass is 397 g/mol. The quantitative estimate of drug-likeness (QED) is 0.650. The minimum absolute atomic E-state index is 0.0109. The van der Waals surface area contributed by atoms with E-state index in [2.05, 4.69) is 44.1 Å². The van der Waals surface area contributed by atoms with Crippen molar-refractivity contribution in [2.75, 3.05) is 23.7 Å². The van der Waals surface area contributed by atoms with Gasteiger partial charge >= 0.3 is 0 Å². The number of rotatable bonds is 6. The van der Waals surface area contributed by atoms with Crippen molar-refractivity contribution in [3.05, 3.63) is 54.3 Å². The molecule has 2 aliphatic heterocycles. The van der Waals surface area contributed by atoms with E-state index < -0.39 is 5.82 Å². The number of hydrogen-bond donors (Lipinski definition) is 3. The molecule has 9 heteroatoms. The third-order valence-electron chi connectivity index (χ3n) is 5.26. The summed E-state index contributed by atoms with van der Waals surface area (Å²) in [5.74, 6) is -0.372. The summed E-state index contributed by atoms with van der Waals surface area (Å²) in [5, 5.41) is 13.1. The largest absolute Gasteiger partial charge is 0.370 e. The first-order valence-corrected chi connectivity index (χ1v) is 9.55. The van der Waals surface area contributed by atoms with E-state index in [9.17, 15) is 4.79 Å². The van der Waals surface area contributed by atoms with Gasteiger partial charge in [0.05, 0.1) is 17.4 Å². The van der Waals surface area contributed by atoms with E-state index in [0.29, 0.717) is 23.6 Å². The summed E-state index contributed by atoms with van der Waals surface area (Å²) in [6, 6.07) is 0.0109. The molecule has 4 heterocycles. The number of fused-ring (bicyclic) bond motifs is 1. The third kappa shape index (κ3) is 3.67. The van der Waals surface area contributed by atoms with Crippen molar-refractivity contribution in [2.24, 2.45) is 7.05 Å². The predicted octanol–water partition coefficient (Wildman–Crippen LogP) is 2.52. The Morgan fingerprint density at radius 1 is 1.45 bits per heavy atom. The van der Waals surface area contributed by atoms with E-state index in [1.807, 2.05) is 0 Å². The molecule has 1 saturated heterocycles. The average Bonchev–Trinajstić information content (AvgIpc) is 3.30. The number of carbonyl (C=O) groups excluding carboxylic acids is 1. The van der Waals surface area contributed by atoms with Crippen LogP contribution < -0.4 is 16.0 Å². The molecule has 4 rings (SSSR count). The summed E-state index contributed by atoms with van der Waals surface area (Å²) in [5.41, 5.74) is 2.09. The molecular formula is C20H24FN7O. The number of nitrogens with one attached hydrogen (secondary N) is 3. The second-order valence-corrected chi connectivity index (χ2v) is 7.31. The van der Waals surface area contributed by atoms with E-state index in [1.54, 1.807) is 30.2 Å². The molecular weight excluding hydrogens is 373 g/mol. The fourth-order valence-electron chi connectivity index (χ4n) is 3.77. The minimum Gasteiger partial charge on any atom is -0.370 e. The molecule has 152 valence electrons. The van der Waals surface area contributed by atoms with Gasteiger partial charge in [-0.3, -0.25) is 9.48 Å². The van der Waals surface area contributed by atoms with Gasteiger partial charge in [0.2, 0.25) is 0 Å². The Labute approximate surface area is 168 Å². The highest BCUT2D eigenvalue weighted by Gasteiger charge is 2.31. The molecule has 0 aliphatic carbocycles. The molecule has 0 bridgehead atoms. The fourth-order valence-corrected chi connectivity index (χ4v) is 3.77. The molecule has 29 heavy (non-hydrogen) atoms. The first-order valence-electron chi connectivity index (χ1n) is 9.55. The maximum atomic E-state index is 15.1. The Bertz CT molecular complexity index is 983. The third-order valence-corrected chi connectivity index (χ3v) is 5.26. The van der Waals surface area contributed by atoms with Gasteiger partial charge in [-0.25, -0.2) is 9.37 Å². The molecule has 0 saturated carbocycles. The van der Waals surface area contributed by atoms with Gasteiger partial charge in [0.1, 0.15) is 5.82 Å². The Morgan fingerprint density at radius 3 is 3.00 bits per heavy atom. The number of aromatic nitrogens is 3. The van der Waals surface area contributed by atoms with Crippen LogP contribution in [-0.4, -0.2) is 44.7 Å². The number of allylic oxidation sites excluding steroid dienone is 1. The summed E-state index contributed by atoms with van der Waals surface area (Å²) in [7, 11) is 1.79. The molecule has 2 aliphatic rings. The first kappa shape index (κ1) is 19.0. The van der Waals surface area contributed by atoms with Gasteiger partial charge in [-0.15, -0.1) is 0 Å². The van der Waals surface area contributed by atoms with E-state index in [-0.39, 0.29) is 29.9 Å². The molecule has 1 amide bonds. The summed E-state index contributed by atoms with van der Waals surface area (Å²) in [4.78, 5) is 18.8. The number of aryl methyl sites for hydroxylation is 1. The minimum atomic E-state index is -0.491. The number of carbonyl (C=O) groups is 1. The normalized spacial score (nSPS) is 18.2. The van der Waals surface area contributed by atoms with Gasteiger partial charge in [-0.05, 0) is 18.9 Å². The molecule has 1 unspecified atom stereocenters. The summed E-state index contributed by atoms with van der Waals surface area (Å²) in [6.07, 6.45) is 6.96. The lowest BCUT2D eigenvalue weighted by Gasteiger charge is -2.35. The smallest absolute Gasteiger partial charge is 0.255 e. The number of likely N-dealkylation sites (tertiary alicyclic amines) is 1. The fraction of sp³-hybridized carbons (Fsp3) is 0.350. The average molecular weight is 397 g/mol. The maximum Gasteiger partial charge on any atom is 0.255 e. The Kier molecular flexibility index (Phi) is 4.96. The molecule has 0 aromatic carbocycles. The van der Waals surface area contributed by atoms with Crippen molar-refractivity contribution >= 4 is 23.2 Å². The van der Waals surface area contributed by atoms with Crippen LogP contribution in [0, 0.1) is 5.82 Å². The molecule has 1 atom stereocenters. The van der Waals surface area contributed by atoms with Gasteiger partial charge in [0.15, 0.2) is 11.6 Å². The second-order valence-electron chi connectivity index (χ2n) is 7.31. The van der Waals surface area contributed by atoms with Gasteiger partial charge in [-0.2, -0.15) is 5.10 Å². The zero-order valence-electron chi connectivity index (χ0n) is 16.3. The van der Waals surface area contributed by atoms with Crippen molar-refractivity contribution in [3.63, 3.8) is 0 Å². The number of nitrogens with zero attached hydrogens (tertiary/aromatic N) is 4. The lowest BCUT2D eigenvalue weighted by atomic mass is 10.0. The van der Waals surface area contributed by atoms with Crippen LogP contribution >= 0.6 is 0 Å². The molecule has 1 fully saturated rings. The van der Waals surface area contributed by atoms with Crippen molar-refractivity contribution < 1.29 is 9.18 Å². The Morgan fingerprint density at radius 2 is 2.28 bits per heavy atom. The van der Waals surface area contributed by atoms with Crippen LogP contribution in [0.25, 0.3) is 0 Å². The van der Waals surface area contributed by atoms with Crippen molar-refractivity contribution in [1.82, 2.24) is 25.0 Å². The summed E-state index contributed by atoms with van der Waals surface area (Å²) in [6.45, 7) is 9.50. The number of anilines is 3. The van der Waals surface area contributed by atoms with Crippen LogP contribution in [0.5, 0.6) is 0 Å². The lowest BCUT2D eigenvalue weighted by molar-refractivity contribution is 0.0966. The zero-order chi connectivity index (χ0) is 20.5. The molecule has 8 nitrogen and oxygen atoms in total. The van der Waals surface area contributed by atoms with Crippen molar-refractivity contribution in [1.29, 1.82) is 0 Å². The van der Waals surface area contributed by atoms with Crippen LogP contribution in [0.2, 0.25) is 0 Å². The number of halogens is 1. The first-order chi connectivity index (χ1) is 14.0. The van der Waals surface area contributed by atoms with Crippen LogP contribution in [0.15, 0.2) is 37.3 Å². The Hall–Kier alpha value is -3.36. The van der Waals surface area contributed by atoms with Crippen LogP contribution in [0.3, 0.4) is 0 Å². The van der Waals surface area contributed by atoms with Crippen LogP contribution in [0.4, 0.5) is 21.7 Å². The van der Waals surface area contributed by atoms with Gasteiger partial charge in [-0.1, -0.05) is 13.2 Å². The topological polar surface area (TPSA) is 87.1 Å². The number of amides is 1. The Balaban J connectivity index is 1.63. The van der Waals surface area contributed by atoms with Crippen LogP contribution in [0.1, 0.15) is 28.8 Å². The van der Waals surface area contributed by atoms with Gasteiger partial charge < -0.3 is 20.9 Å². The summed E-state index contributed by atoms with van der Waals surface area (Å²) >= 11 is 0. The van der Waals surface area contributed by atoms with Crippen molar-refractivity contribution in [2.45, 2.75) is 25.4 Å². The van der Waals surface area contributed by atoms with E-state index in [1.165, 1.54) is 0 Å². The predicted molar refractivity (Wildman–Crippen MR) is 109 cm³/mol. The van der Waals surface area contributed by atoms with Crippen molar-refractivity contribution in [3.8, 4) is 0 Å². The number of hydrogen-bond acceptors (Lipinski definition) is 6. The van der Waals surface area contributed by atoms with E-state index in [4.69, 9.17) is 0 Å². The zero-order valence-corrected chi connectivity index (χ0v) is 16.3. The lowest BCUT2D eigenvalue weighted by Crippen LogP contribution is -2.41. The molecule has 2 aromatic heterocycles. The molecule has 0 spiro atoms. The SMILES string of the molecule is C=CC(=C)N1CCCC(Nc2nc(Nc3cnn(C)c3)c3c(c2F)CNC3=O)C1. The highest BCUT2D eigenvalue weighted by molar-refractivity contribution is 6.03. The second kappa shape index (κ2) is 7.57. The summed E-state index contributed by atoms with van der Waals surface area (Å²) < 4.78 is 16.8. The highest BCUT2D eigenvalue weighted by Crippen LogP contribution is 2.32. The number of piperidine rings is 1. The standard InChI is InChI=1S/C20H24FN7O/c1-4-12(2)28-7-5-6-13(11-28)24-19-17(21)15-9-22-20(29)16(15)18(26-19)25-14-8-23-27(3)10-14/h4,8,10,13H,1-2,5-7,9,11H2,3H3,(H,22,29)(H2,24,25,26). The molecule has 2 aromatic rings. The van der Waals surface area contributed by atoms with Gasteiger partial charge in [0, 0.05) is 50.2 Å². The number of pyridine rings is 1. The highest BCUT2D eigenvalue weighted by atomic mass is 19.1. The van der Waals surface area contributed by atoms with E-state index >= 15 is 4.39 Å². The van der Waals surface area contributed by atoms with E-state index in [0.717, 1.165) is 25.1 Å².